The van der Waals surface area contributed by atoms with Crippen LogP contribution in [0.4, 0.5) is 0 Å². The predicted octanol–water partition coefficient (Wildman–Crippen LogP) is 1.77. The van der Waals surface area contributed by atoms with Crippen LogP contribution in [0.1, 0.15) is 24.0 Å². The second kappa shape index (κ2) is 5.83. The van der Waals surface area contributed by atoms with Crippen molar-refractivity contribution in [3.63, 3.8) is 0 Å². The topological polar surface area (TPSA) is 24.5 Å². The molecule has 0 radical (unpaired) electrons. The number of hydrogen-bond acceptors (Lipinski definition) is 3. The standard InChI is InChI=1S/C15H22N2O/c1-3-14(12-17-7-9-18-10-8-17)4-2-13(1)11-16-15-5-6-15/h1-4,15-16H,5-12H2. The summed E-state index contributed by atoms with van der Waals surface area (Å²) in [4.78, 5) is 2.46. The highest BCUT2D eigenvalue weighted by atomic mass is 16.5. The van der Waals surface area contributed by atoms with Gasteiger partial charge in [0.05, 0.1) is 13.2 Å². The van der Waals surface area contributed by atoms with Crippen LogP contribution in [-0.2, 0) is 17.8 Å². The van der Waals surface area contributed by atoms with E-state index in [9.17, 15) is 0 Å². The Bertz CT molecular complexity index is 367. The molecule has 0 amide bonds. The van der Waals surface area contributed by atoms with E-state index in [4.69, 9.17) is 4.74 Å². The van der Waals surface area contributed by atoms with Gasteiger partial charge in [0.25, 0.3) is 0 Å². The highest BCUT2D eigenvalue weighted by Crippen LogP contribution is 2.19. The molecule has 1 saturated heterocycles. The van der Waals surface area contributed by atoms with Gasteiger partial charge < -0.3 is 10.1 Å². The van der Waals surface area contributed by atoms with Gasteiger partial charge in [0.15, 0.2) is 0 Å². The minimum atomic E-state index is 0.790. The van der Waals surface area contributed by atoms with Gasteiger partial charge in [0, 0.05) is 32.2 Å². The maximum Gasteiger partial charge on any atom is 0.0594 e. The van der Waals surface area contributed by atoms with Crippen molar-refractivity contribution in [2.45, 2.75) is 32.0 Å². The van der Waals surface area contributed by atoms with Crippen molar-refractivity contribution in [2.75, 3.05) is 26.3 Å². The van der Waals surface area contributed by atoms with Gasteiger partial charge in [0.1, 0.15) is 0 Å². The Morgan fingerprint density at radius 2 is 1.72 bits per heavy atom. The number of nitrogens with one attached hydrogen (secondary N) is 1. The van der Waals surface area contributed by atoms with Crippen molar-refractivity contribution in [1.29, 1.82) is 0 Å². The fraction of sp³-hybridized carbons (Fsp3) is 0.600. The van der Waals surface area contributed by atoms with E-state index in [1.165, 1.54) is 24.0 Å². The summed E-state index contributed by atoms with van der Waals surface area (Å²) < 4.78 is 5.37. The molecule has 0 spiro atoms. The molecule has 1 aliphatic heterocycles. The molecule has 1 heterocycles. The average molecular weight is 246 g/mol. The summed E-state index contributed by atoms with van der Waals surface area (Å²) >= 11 is 0. The molecule has 1 aromatic rings. The molecule has 98 valence electrons. The molecule has 0 atom stereocenters. The normalized spacial score (nSPS) is 21.1. The summed E-state index contributed by atoms with van der Waals surface area (Å²) in [5.74, 6) is 0. The third-order valence-corrected chi connectivity index (χ3v) is 3.71. The summed E-state index contributed by atoms with van der Waals surface area (Å²) in [7, 11) is 0. The molecule has 3 heteroatoms. The highest BCUT2D eigenvalue weighted by molar-refractivity contribution is 5.22. The van der Waals surface area contributed by atoms with Crippen LogP contribution in [0.3, 0.4) is 0 Å². The van der Waals surface area contributed by atoms with Gasteiger partial charge in [-0.15, -0.1) is 0 Å². The summed E-state index contributed by atoms with van der Waals surface area (Å²) in [5.41, 5.74) is 2.81. The van der Waals surface area contributed by atoms with Crippen molar-refractivity contribution >= 4 is 0 Å². The summed E-state index contributed by atoms with van der Waals surface area (Å²) in [6.45, 7) is 5.95. The van der Waals surface area contributed by atoms with Crippen LogP contribution in [0.15, 0.2) is 24.3 Å². The molecular weight excluding hydrogens is 224 g/mol. The number of hydrogen-bond donors (Lipinski definition) is 1. The second-order valence-corrected chi connectivity index (χ2v) is 5.36. The summed E-state index contributed by atoms with van der Waals surface area (Å²) in [5, 5.41) is 3.55. The predicted molar refractivity (Wildman–Crippen MR) is 72.4 cm³/mol. The minimum absolute atomic E-state index is 0.790. The van der Waals surface area contributed by atoms with Crippen molar-refractivity contribution in [2.24, 2.45) is 0 Å². The molecule has 0 aromatic heterocycles. The van der Waals surface area contributed by atoms with E-state index >= 15 is 0 Å². The highest BCUT2D eigenvalue weighted by Gasteiger charge is 2.19. The van der Waals surface area contributed by atoms with E-state index in [1.807, 2.05) is 0 Å². The Hall–Kier alpha value is -0.900. The van der Waals surface area contributed by atoms with Crippen LogP contribution in [0.25, 0.3) is 0 Å². The van der Waals surface area contributed by atoms with Crippen molar-refractivity contribution in [3.8, 4) is 0 Å². The number of rotatable bonds is 5. The van der Waals surface area contributed by atoms with Gasteiger partial charge in [-0.05, 0) is 24.0 Å². The summed E-state index contributed by atoms with van der Waals surface area (Å²) in [6.07, 6.45) is 2.71. The fourth-order valence-electron chi connectivity index (χ4n) is 2.33. The maximum absolute atomic E-state index is 5.37. The molecule has 0 bridgehead atoms. The van der Waals surface area contributed by atoms with E-state index in [2.05, 4.69) is 34.5 Å². The molecular formula is C15H22N2O. The van der Waals surface area contributed by atoms with E-state index in [0.717, 1.165) is 45.4 Å². The zero-order chi connectivity index (χ0) is 12.2. The third kappa shape index (κ3) is 3.55. The lowest BCUT2D eigenvalue weighted by atomic mass is 10.1. The Labute approximate surface area is 109 Å². The van der Waals surface area contributed by atoms with Crippen LogP contribution < -0.4 is 5.32 Å². The molecule has 0 unspecified atom stereocenters. The number of benzene rings is 1. The Morgan fingerprint density at radius 1 is 1.06 bits per heavy atom. The zero-order valence-electron chi connectivity index (χ0n) is 10.9. The van der Waals surface area contributed by atoms with Crippen LogP contribution in [-0.4, -0.2) is 37.2 Å². The monoisotopic (exact) mass is 246 g/mol. The molecule has 1 aliphatic carbocycles. The number of ether oxygens (including phenoxy) is 1. The molecule has 2 fully saturated rings. The Kier molecular flexibility index (Phi) is 3.93. The van der Waals surface area contributed by atoms with Gasteiger partial charge in [-0.2, -0.15) is 0 Å². The van der Waals surface area contributed by atoms with Crippen LogP contribution in [0.2, 0.25) is 0 Å². The smallest absolute Gasteiger partial charge is 0.0594 e. The van der Waals surface area contributed by atoms with Crippen LogP contribution in [0, 0.1) is 0 Å². The molecule has 2 aliphatic rings. The Balaban J connectivity index is 1.49. The van der Waals surface area contributed by atoms with Gasteiger partial charge in [-0.25, -0.2) is 0 Å². The van der Waals surface area contributed by atoms with Gasteiger partial charge in [0.2, 0.25) is 0 Å². The van der Waals surface area contributed by atoms with E-state index < -0.39 is 0 Å². The first-order chi connectivity index (χ1) is 8.90. The van der Waals surface area contributed by atoms with Crippen LogP contribution in [0.5, 0.6) is 0 Å². The SMILES string of the molecule is c1cc(CN2CCOCC2)ccc1CNC1CC1. The van der Waals surface area contributed by atoms with Crippen molar-refractivity contribution in [3.05, 3.63) is 35.4 Å². The lowest BCUT2D eigenvalue weighted by molar-refractivity contribution is 0.0342. The fourth-order valence-corrected chi connectivity index (χ4v) is 2.33. The number of nitrogens with zero attached hydrogens (tertiary/aromatic N) is 1. The van der Waals surface area contributed by atoms with Crippen LogP contribution >= 0.6 is 0 Å². The van der Waals surface area contributed by atoms with Gasteiger partial charge in [-0.1, -0.05) is 24.3 Å². The van der Waals surface area contributed by atoms with E-state index in [-0.39, 0.29) is 0 Å². The zero-order valence-corrected chi connectivity index (χ0v) is 10.9. The lowest BCUT2D eigenvalue weighted by Gasteiger charge is -2.26. The van der Waals surface area contributed by atoms with E-state index in [1.54, 1.807) is 0 Å². The second-order valence-electron chi connectivity index (χ2n) is 5.36. The molecule has 3 rings (SSSR count). The minimum Gasteiger partial charge on any atom is -0.379 e. The molecule has 1 aromatic carbocycles. The Morgan fingerprint density at radius 3 is 2.39 bits per heavy atom. The van der Waals surface area contributed by atoms with Gasteiger partial charge in [-0.3, -0.25) is 4.90 Å². The molecule has 1 N–H and O–H groups in total. The molecule has 3 nitrogen and oxygen atoms in total. The molecule has 1 saturated carbocycles. The van der Waals surface area contributed by atoms with Crippen molar-refractivity contribution in [1.82, 2.24) is 10.2 Å². The quantitative estimate of drug-likeness (QED) is 0.857. The first-order valence-corrected chi connectivity index (χ1v) is 7.01. The largest absolute Gasteiger partial charge is 0.379 e. The lowest BCUT2D eigenvalue weighted by Crippen LogP contribution is -2.35. The first-order valence-electron chi connectivity index (χ1n) is 7.01. The van der Waals surface area contributed by atoms with Crippen molar-refractivity contribution < 1.29 is 4.74 Å². The maximum atomic E-state index is 5.37. The molecule has 18 heavy (non-hydrogen) atoms. The number of morpholine rings is 1. The third-order valence-electron chi connectivity index (χ3n) is 3.71. The average Bonchev–Trinajstić information content (AvgIpc) is 3.23. The summed E-state index contributed by atoms with van der Waals surface area (Å²) in [6, 6.07) is 9.83. The first kappa shape index (κ1) is 12.2. The van der Waals surface area contributed by atoms with E-state index in [0.29, 0.717) is 0 Å². The van der Waals surface area contributed by atoms with Gasteiger partial charge >= 0.3 is 0 Å².